The molecular weight excluding hydrogens is 195 g/mol. The van der Waals surface area contributed by atoms with E-state index in [1.807, 2.05) is 0 Å². The average molecular weight is 212 g/mol. The molecule has 0 fully saturated rings. The van der Waals surface area contributed by atoms with E-state index in [1.54, 1.807) is 13.0 Å². The highest BCUT2D eigenvalue weighted by Gasteiger charge is 2.10. The summed E-state index contributed by atoms with van der Waals surface area (Å²) in [4.78, 5) is 0. The van der Waals surface area contributed by atoms with Crippen LogP contribution in [-0.2, 0) is 0 Å². The van der Waals surface area contributed by atoms with Crippen molar-refractivity contribution >= 4 is 0 Å². The van der Waals surface area contributed by atoms with Crippen molar-refractivity contribution in [3.05, 3.63) is 29.6 Å². The van der Waals surface area contributed by atoms with Gasteiger partial charge in [-0.3, -0.25) is 0 Å². The maximum Gasteiger partial charge on any atom is 0.125 e. The van der Waals surface area contributed by atoms with Gasteiger partial charge in [0.05, 0.1) is 12.7 Å². The van der Waals surface area contributed by atoms with Crippen molar-refractivity contribution in [2.24, 2.45) is 0 Å². The van der Waals surface area contributed by atoms with E-state index in [-0.39, 0.29) is 5.82 Å². The van der Waals surface area contributed by atoms with Crippen LogP contribution in [-0.4, -0.2) is 11.7 Å². The van der Waals surface area contributed by atoms with Gasteiger partial charge in [0, 0.05) is 5.56 Å². The van der Waals surface area contributed by atoms with Crippen molar-refractivity contribution < 1.29 is 14.2 Å². The van der Waals surface area contributed by atoms with Crippen LogP contribution in [0.4, 0.5) is 4.39 Å². The third kappa shape index (κ3) is 3.51. The second-order valence-corrected chi connectivity index (χ2v) is 3.56. The zero-order valence-corrected chi connectivity index (χ0v) is 9.16. The second kappa shape index (κ2) is 5.71. The van der Waals surface area contributed by atoms with Gasteiger partial charge in [0.1, 0.15) is 11.6 Å². The molecule has 0 heterocycles. The van der Waals surface area contributed by atoms with Gasteiger partial charge in [-0.15, -0.1) is 0 Å². The van der Waals surface area contributed by atoms with Crippen molar-refractivity contribution in [1.82, 2.24) is 0 Å². The van der Waals surface area contributed by atoms with Crippen LogP contribution in [0.15, 0.2) is 18.2 Å². The summed E-state index contributed by atoms with van der Waals surface area (Å²) < 4.78 is 18.4. The SMILES string of the molecule is CCCCOc1ccc(F)cc1[C@@H](C)O. The van der Waals surface area contributed by atoms with E-state index in [0.29, 0.717) is 17.9 Å². The highest BCUT2D eigenvalue weighted by molar-refractivity contribution is 5.35. The number of halogens is 1. The van der Waals surface area contributed by atoms with Crippen molar-refractivity contribution in [3.63, 3.8) is 0 Å². The standard InChI is InChI=1S/C12H17FO2/c1-3-4-7-15-12-6-5-10(13)8-11(12)9(2)14/h5-6,8-9,14H,3-4,7H2,1-2H3/t9-/m1/s1. The van der Waals surface area contributed by atoms with Crippen LogP contribution in [0.1, 0.15) is 38.4 Å². The Kier molecular flexibility index (Phi) is 4.56. The average Bonchev–Trinajstić information content (AvgIpc) is 2.20. The molecule has 0 saturated carbocycles. The summed E-state index contributed by atoms with van der Waals surface area (Å²) in [5.74, 6) is 0.216. The van der Waals surface area contributed by atoms with Gasteiger partial charge in [0.15, 0.2) is 0 Å². The zero-order valence-electron chi connectivity index (χ0n) is 9.16. The highest BCUT2D eigenvalue weighted by atomic mass is 19.1. The normalized spacial score (nSPS) is 12.5. The largest absolute Gasteiger partial charge is 0.493 e. The first-order chi connectivity index (χ1) is 7.15. The molecule has 0 aromatic heterocycles. The summed E-state index contributed by atoms with van der Waals surface area (Å²) in [5.41, 5.74) is 0.506. The Hall–Kier alpha value is -1.09. The molecule has 0 radical (unpaired) electrons. The number of hydrogen-bond acceptors (Lipinski definition) is 2. The maximum absolute atomic E-state index is 12.9. The Balaban J connectivity index is 2.77. The van der Waals surface area contributed by atoms with E-state index in [1.165, 1.54) is 12.1 Å². The molecule has 84 valence electrons. The molecule has 1 aromatic rings. The van der Waals surface area contributed by atoms with E-state index < -0.39 is 6.10 Å². The molecule has 0 aliphatic carbocycles. The molecule has 1 atom stereocenters. The van der Waals surface area contributed by atoms with Crippen LogP contribution in [0.3, 0.4) is 0 Å². The maximum atomic E-state index is 12.9. The second-order valence-electron chi connectivity index (χ2n) is 3.56. The Morgan fingerprint density at radius 2 is 2.20 bits per heavy atom. The summed E-state index contributed by atoms with van der Waals surface area (Å²) in [5, 5.41) is 9.44. The predicted molar refractivity (Wildman–Crippen MR) is 57.4 cm³/mol. The van der Waals surface area contributed by atoms with Gasteiger partial charge in [-0.05, 0) is 31.5 Å². The fourth-order valence-electron chi connectivity index (χ4n) is 1.30. The summed E-state index contributed by atoms with van der Waals surface area (Å²) in [6.45, 7) is 4.27. The fraction of sp³-hybridized carbons (Fsp3) is 0.500. The van der Waals surface area contributed by atoms with Crippen LogP contribution >= 0.6 is 0 Å². The summed E-state index contributed by atoms with van der Waals surface area (Å²) in [6, 6.07) is 4.21. The quantitative estimate of drug-likeness (QED) is 0.760. The molecular formula is C12H17FO2. The van der Waals surface area contributed by atoms with Crippen molar-refractivity contribution in [1.29, 1.82) is 0 Å². The van der Waals surface area contributed by atoms with E-state index in [9.17, 15) is 9.50 Å². The fourth-order valence-corrected chi connectivity index (χ4v) is 1.30. The number of aliphatic hydroxyl groups is 1. The van der Waals surface area contributed by atoms with Crippen molar-refractivity contribution in [3.8, 4) is 5.75 Å². The first-order valence-electron chi connectivity index (χ1n) is 5.25. The lowest BCUT2D eigenvalue weighted by Crippen LogP contribution is -2.02. The molecule has 0 amide bonds. The lowest BCUT2D eigenvalue weighted by atomic mass is 10.1. The lowest BCUT2D eigenvalue weighted by Gasteiger charge is -2.13. The first-order valence-corrected chi connectivity index (χ1v) is 5.25. The van der Waals surface area contributed by atoms with Crippen LogP contribution in [0, 0.1) is 5.82 Å². The number of hydrogen-bond donors (Lipinski definition) is 1. The number of ether oxygens (including phenoxy) is 1. The molecule has 3 heteroatoms. The molecule has 0 bridgehead atoms. The van der Waals surface area contributed by atoms with E-state index in [4.69, 9.17) is 4.74 Å². The minimum atomic E-state index is -0.711. The van der Waals surface area contributed by atoms with E-state index in [2.05, 4.69) is 6.92 Å². The van der Waals surface area contributed by atoms with Gasteiger partial charge in [-0.1, -0.05) is 13.3 Å². The molecule has 0 unspecified atom stereocenters. The molecule has 0 saturated heterocycles. The lowest BCUT2D eigenvalue weighted by molar-refractivity contribution is 0.190. The molecule has 1 rings (SSSR count). The Morgan fingerprint density at radius 1 is 1.47 bits per heavy atom. The zero-order chi connectivity index (χ0) is 11.3. The van der Waals surface area contributed by atoms with Crippen LogP contribution in [0.5, 0.6) is 5.75 Å². The van der Waals surface area contributed by atoms with Gasteiger partial charge < -0.3 is 9.84 Å². The Bertz CT molecular complexity index is 310. The van der Waals surface area contributed by atoms with Crippen molar-refractivity contribution in [2.75, 3.05) is 6.61 Å². The number of unbranched alkanes of at least 4 members (excludes halogenated alkanes) is 1. The monoisotopic (exact) mass is 212 g/mol. The topological polar surface area (TPSA) is 29.5 Å². The molecule has 0 spiro atoms. The molecule has 0 aliphatic rings. The molecule has 0 aliphatic heterocycles. The van der Waals surface area contributed by atoms with Gasteiger partial charge in [-0.2, -0.15) is 0 Å². The smallest absolute Gasteiger partial charge is 0.125 e. The number of aliphatic hydroxyl groups excluding tert-OH is 1. The molecule has 1 aromatic carbocycles. The Morgan fingerprint density at radius 3 is 2.80 bits per heavy atom. The van der Waals surface area contributed by atoms with Crippen LogP contribution in [0.2, 0.25) is 0 Å². The highest BCUT2D eigenvalue weighted by Crippen LogP contribution is 2.26. The van der Waals surface area contributed by atoms with Crippen LogP contribution in [0.25, 0.3) is 0 Å². The van der Waals surface area contributed by atoms with Gasteiger partial charge in [0.25, 0.3) is 0 Å². The third-order valence-electron chi connectivity index (χ3n) is 2.18. The van der Waals surface area contributed by atoms with Crippen LogP contribution < -0.4 is 4.74 Å². The number of rotatable bonds is 5. The predicted octanol–water partition coefficient (Wildman–Crippen LogP) is 3.06. The summed E-state index contributed by atoms with van der Waals surface area (Å²) in [6.07, 6.45) is 1.29. The number of benzene rings is 1. The molecule has 15 heavy (non-hydrogen) atoms. The molecule has 2 nitrogen and oxygen atoms in total. The van der Waals surface area contributed by atoms with Gasteiger partial charge in [0.2, 0.25) is 0 Å². The van der Waals surface area contributed by atoms with Gasteiger partial charge in [-0.25, -0.2) is 4.39 Å². The third-order valence-corrected chi connectivity index (χ3v) is 2.18. The van der Waals surface area contributed by atoms with Gasteiger partial charge >= 0.3 is 0 Å². The summed E-state index contributed by atoms with van der Waals surface area (Å²) in [7, 11) is 0. The molecule has 1 N–H and O–H groups in total. The minimum absolute atomic E-state index is 0.353. The Labute approximate surface area is 89.7 Å². The van der Waals surface area contributed by atoms with E-state index in [0.717, 1.165) is 12.8 Å². The van der Waals surface area contributed by atoms with Crippen molar-refractivity contribution in [2.45, 2.75) is 32.8 Å². The minimum Gasteiger partial charge on any atom is -0.493 e. The summed E-state index contributed by atoms with van der Waals surface area (Å²) >= 11 is 0. The first kappa shape index (κ1) is 12.0. The van der Waals surface area contributed by atoms with E-state index >= 15 is 0 Å².